The van der Waals surface area contributed by atoms with Crippen LogP contribution in [0.2, 0.25) is 0 Å². The summed E-state index contributed by atoms with van der Waals surface area (Å²) in [6, 6.07) is 0. The number of nitrogens with two attached hydrogens (primary N) is 1. The first-order chi connectivity index (χ1) is 3.18. The van der Waals surface area contributed by atoms with E-state index in [0.717, 1.165) is 0 Å². The van der Waals surface area contributed by atoms with E-state index in [9.17, 15) is 0 Å². The number of likely N-dealkylation sites (N-methyl/N-ethyl adjacent to an activating group) is 1. The molecule has 0 aromatic heterocycles. The van der Waals surface area contributed by atoms with Crippen LogP contribution in [0, 0.1) is 0 Å². The van der Waals surface area contributed by atoms with Crippen LogP contribution in [0.15, 0.2) is 0 Å². The number of aliphatic hydroxyl groups excluding tert-OH is 1. The maximum absolute atomic E-state index is 8.63. The minimum absolute atomic E-state index is 0.292. The van der Waals surface area contributed by atoms with Crippen molar-refractivity contribution in [2.75, 3.05) is 7.05 Å². The van der Waals surface area contributed by atoms with Crippen LogP contribution in [0.1, 0.15) is 6.92 Å². The Morgan fingerprint density at radius 1 is 1.71 bits per heavy atom. The summed E-state index contributed by atoms with van der Waals surface area (Å²) in [6.45, 7) is 1.64. The molecule has 0 spiro atoms. The average molecular weight is 104 g/mol. The van der Waals surface area contributed by atoms with Gasteiger partial charge in [0, 0.05) is 0 Å². The summed E-state index contributed by atoms with van der Waals surface area (Å²) in [4.78, 5) is 0. The van der Waals surface area contributed by atoms with E-state index < -0.39 is 6.10 Å². The first-order valence-corrected chi connectivity index (χ1v) is 2.29. The lowest BCUT2D eigenvalue weighted by atomic mass is 10.3. The molecule has 0 fully saturated rings. The molecule has 0 aliphatic rings. The highest BCUT2D eigenvalue weighted by molar-refractivity contribution is 4.59. The van der Waals surface area contributed by atoms with Crippen molar-refractivity contribution in [3.8, 4) is 0 Å². The van der Waals surface area contributed by atoms with Crippen molar-refractivity contribution in [1.82, 2.24) is 5.32 Å². The smallest absolute Gasteiger partial charge is 0.0809 e. The van der Waals surface area contributed by atoms with Gasteiger partial charge in [-0.25, -0.2) is 0 Å². The Hall–Kier alpha value is -0.120. The molecule has 0 radical (unpaired) electrons. The van der Waals surface area contributed by atoms with E-state index in [4.69, 9.17) is 10.8 Å². The van der Waals surface area contributed by atoms with Crippen molar-refractivity contribution in [3.05, 3.63) is 0 Å². The fraction of sp³-hybridized carbons (Fsp3) is 1.00. The fourth-order valence-corrected chi connectivity index (χ4v) is 0.241. The van der Waals surface area contributed by atoms with Crippen LogP contribution in [-0.4, -0.2) is 24.4 Å². The zero-order chi connectivity index (χ0) is 5.86. The number of aliphatic hydroxyl groups is 1. The average Bonchev–Trinajstić information content (AvgIpc) is 1.65. The molecule has 0 saturated carbocycles. The number of hydrogen-bond acceptors (Lipinski definition) is 3. The normalized spacial score (nSPS) is 18.9. The standard InChI is InChI=1S/C4H12N2O/c1-3(7)4(5)6-2/h3-4,6-7H,5H2,1-2H3. The van der Waals surface area contributed by atoms with Gasteiger partial charge in [0.25, 0.3) is 0 Å². The summed E-state index contributed by atoms with van der Waals surface area (Å²) in [7, 11) is 1.71. The summed E-state index contributed by atoms with van der Waals surface area (Å²) in [5.41, 5.74) is 5.25. The van der Waals surface area contributed by atoms with E-state index in [1.54, 1.807) is 14.0 Å². The zero-order valence-electron chi connectivity index (χ0n) is 4.68. The second-order valence-electron chi connectivity index (χ2n) is 1.56. The van der Waals surface area contributed by atoms with E-state index in [1.165, 1.54) is 0 Å². The van der Waals surface area contributed by atoms with Crippen LogP contribution in [0.5, 0.6) is 0 Å². The lowest BCUT2D eigenvalue weighted by Gasteiger charge is -2.11. The zero-order valence-corrected chi connectivity index (χ0v) is 4.68. The van der Waals surface area contributed by atoms with Gasteiger partial charge in [-0.2, -0.15) is 0 Å². The summed E-state index contributed by atoms with van der Waals surface area (Å²) >= 11 is 0. The van der Waals surface area contributed by atoms with Gasteiger partial charge in [-0.3, -0.25) is 0 Å². The van der Waals surface area contributed by atoms with Gasteiger partial charge in [0.05, 0.1) is 12.3 Å². The molecule has 0 amide bonds. The highest BCUT2D eigenvalue weighted by Crippen LogP contribution is 1.78. The van der Waals surface area contributed by atoms with Crippen molar-refractivity contribution < 1.29 is 5.11 Å². The van der Waals surface area contributed by atoms with Gasteiger partial charge >= 0.3 is 0 Å². The molecule has 0 saturated heterocycles. The predicted octanol–water partition coefficient (Wildman–Crippen LogP) is -1.13. The Morgan fingerprint density at radius 2 is 2.14 bits per heavy atom. The summed E-state index contributed by atoms with van der Waals surface area (Å²) in [5.74, 6) is 0. The molecule has 2 unspecified atom stereocenters. The van der Waals surface area contributed by atoms with Crippen LogP contribution < -0.4 is 11.1 Å². The molecule has 0 aliphatic carbocycles. The SMILES string of the molecule is CNC(N)C(C)O. The van der Waals surface area contributed by atoms with Crippen LogP contribution in [-0.2, 0) is 0 Å². The molecule has 2 atom stereocenters. The van der Waals surface area contributed by atoms with E-state index >= 15 is 0 Å². The Bertz CT molecular complexity index is 47.0. The van der Waals surface area contributed by atoms with Crippen molar-refractivity contribution in [2.24, 2.45) is 5.73 Å². The van der Waals surface area contributed by atoms with Crippen LogP contribution in [0.25, 0.3) is 0 Å². The third kappa shape index (κ3) is 2.56. The third-order valence-corrected chi connectivity index (χ3v) is 0.853. The Labute approximate surface area is 43.5 Å². The molecule has 44 valence electrons. The monoisotopic (exact) mass is 104 g/mol. The van der Waals surface area contributed by atoms with E-state index in [2.05, 4.69) is 5.32 Å². The van der Waals surface area contributed by atoms with Gasteiger partial charge in [-0.05, 0) is 14.0 Å². The maximum Gasteiger partial charge on any atom is 0.0809 e. The minimum atomic E-state index is -0.468. The second kappa shape index (κ2) is 2.96. The van der Waals surface area contributed by atoms with E-state index in [0.29, 0.717) is 0 Å². The van der Waals surface area contributed by atoms with Gasteiger partial charge in [0.2, 0.25) is 0 Å². The van der Waals surface area contributed by atoms with Gasteiger partial charge in [-0.15, -0.1) is 0 Å². The Morgan fingerprint density at radius 3 is 2.14 bits per heavy atom. The van der Waals surface area contributed by atoms with Crippen LogP contribution >= 0.6 is 0 Å². The van der Waals surface area contributed by atoms with E-state index in [1.807, 2.05) is 0 Å². The van der Waals surface area contributed by atoms with Crippen molar-refractivity contribution in [1.29, 1.82) is 0 Å². The number of nitrogens with one attached hydrogen (secondary N) is 1. The molecule has 3 heteroatoms. The number of hydrogen-bond donors (Lipinski definition) is 3. The van der Waals surface area contributed by atoms with Gasteiger partial charge in [0.15, 0.2) is 0 Å². The molecule has 0 heterocycles. The minimum Gasteiger partial charge on any atom is -0.390 e. The molecule has 0 aromatic carbocycles. The largest absolute Gasteiger partial charge is 0.390 e. The van der Waals surface area contributed by atoms with Crippen LogP contribution in [0.3, 0.4) is 0 Å². The van der Waals surface area contributed by atoms with Gasteiger partial charge in [-0.1, -0.05) is 0 Å². The van der Waals surface area contributed by atoms with Crippen molar-refractivity contribution in [2.45, 2.75) is 19.2 Å². The fourth-order valence-electron chi connectivity index (χ4n) is 0.241. The highest BCUT2D eigenvalue weighted by Gasteiger charge is 2.02. The van der Waals surface area contributed by atoms with Gasteiger partial charge in [0.1, 0.15) is 0 Å². The molecular weight excluding hydrogens is 92.1 g/mol. The molecule has 0 aromatic rings. The first-order valence-electron chi connectivity index (χ1n) is 2.29. The molecule has 0 rings (SSSR count). The van der Waals surface area contributed by atoms with Crippen LogP contribution in [0.4, 0.5) is 0 Å². The molecule has 4 N–H and O–H groups in total. The van der Waals surface area contributed by atoms with Crippen molar-refractivity contribution >= 4 is 0 Å². The Kier molecular flexibility index (Phi) is 2.91. The Balaban J connectivity index is 3.14. The summed E-state index contributed by atoms with van der Waals surface area (Å²) < 4.78 is 0. The molecule has 3 nitrogen and oxygen atoms in total. The summed E-state index contributed by atoms with van der Waals surface area (Å²) in [6.07, 6.45) is -0.759. The molecule has 0 bridgehead atoms. The quantitative estimate of drug-likeness (QED) is 0.389. The molecule has 7 heavy (non-hydrogen) atoms. The molecular formula is C4H12N2O. The third-order valence-electron chi connectivity index (χ3n) is 0.853. The lowest BCUT2D eigenvalue weighted by Crippen LogP contribution is -2.43. The predicted molar refractivity (Wildman–Crippen MR) is 28.7 cm³/mol. The van der Waals surface area contributed by atoms with E-state index in [-0.39, 0.29) is 6.17 Å². The molecule has 0 aliphatic heterocycles. The lowest BCUT2D eigenvalue weighted by molar-refractivity contribution is 0.152. The van der Waals surface area contributed by atoms with Crippen molar-refractivity contribution in [3.63, 3.8) is 0 Å². The maximum atomic E-state index is 8.63. The van der Waals surface area contributed by atoms with Gasteiger partial charge < -0.3 is 16.2 Å². The topological polar surface area (TPSA) is 58.3 Å². The second-order valence-corrected chi connectivity index (χ2v) is 1.56. The number of rotatable bonds is 2. The summed E-state index contributed by atoms with van der Waals surface area (Å²) in [5, 5.41) is 11.3. The highest BCUT2D eigenvalue weighted by atomic mass is 16.3. The first kappa shape index (κ1) is 6.88.